The summed E-state index contributed by atoms with van der Waals surface area (Å²) >= 11 is 0. The predicted molar refractivity (Wildman–Crippen MR) is 134 cm³/mol. The lowest BCUT2D eigenvalue weighted by Crippen LogP contribution is -2.41. The molecule has 0 saturated carbocycles. The largest absolute Gasteiger partial charge is 0.371 e. The summed E-state index contributed by atoms with van der Waals surface area (Å²) in [7, 11) is -3.71. The number of anilines is 2. The summed E-state index contributed by atoms with van der Waals surface area (Å²) < 4.78 is 40.3. The number of carbonyl (C=O) groups is 1. The molecule has 184 valence electrons. The average Bonchev–Trinajstić information content (AvgIpc) is 2.89. The van der Waals surface area contributed by atoms with Gasteiger partial charge in [-0.2, -0.15) is 4.31 Å². The number of carbonyl (C=O) groups excluding carboxylic acids is 1. The van der Waals surface area contributed by atoms with E-state index >= 15 is 0 Å². The molecule has 0 spiro atoms. The Labute approximate surface area is 205 Å². The second-order valence-corrected chi connectivity index (χ2v) is 11.2. The van der Waals surface area contributed by atoms with Crippen LogP contribution in [0.15, 0.2) is 59.8 Å². The van der Waals surface area contributed by atoms with Crippen molar-refractivity contribution in [1.82, 2.24) is 9.29 Å². The number of nitrogens with zero attached hydrogens (tertiary/aromatic N) is 3. The Balaban J connectivity index is 1.28. The molecule has 0 radical (unpaired) electrons. The SMILES string of the molecule is O=C(Nc1ccc(N2CCCCC2)c2ccncc12)C1CCN(S(=O)(=O)c2ccc(F)cc2)CC1. The molecule has 35 heavy (non-hydrogen) atoms. The molecule has 1 aromatic heterocycles. The number of sulfonamides is 1. The fourth-order valence-electron chi connectivity index (χ4n) is 5.04. The van der Waals surface area contributed by atoms with Crippen LogP contribution < -0.4 is 10.2 Å². The summed E-state index contributed by atoms with van der Waals surface area (Å²) in [4.78, 5) is 19.9. The van der Waals surface area contributed by atoms with Gasteiger partial charge in [0, 0.05) is 61.0 Å². The quantitative estimate of drug-likeness (QED) is 0.566. The molecule has 2 fully saturated rings. The minimum Gasteiger partial charge on any atom is -0.371 e. The zero-order chi connectivity index (χ0) is 24.4. The molecule has 1 N–H and O–H groups in total. The Bertz CT molecular complexity index is 1320. The smallest absolute Gasteiger partial charge is 0.243 e. The van der Waals surface area contributed by atoms with Crippen molar-refractivity contribution in [2.45, 2.75) is 37.0 Å². The van der Waals surface area contributed by atoms with Crippen LogP contribution in [0.1, 0.15) is 32.1 Å². The number of hydrogen-bond donors (Lipinski definition) is 1. The van der Waals surface area contributed by atoms with Gasteiger partial charge >= 0.3 is 0 Å². The van der Waals surface area contributed by atoms with Crippen LogP contribution in [0, 0.1) is 11.7 Å². The summed E-state index contributed by atoms with van der Waals surface area (Å²) in [5.74, 6) is -0.881. The van der Waals surface area contributed by atoms with E-state index in [2.05, 4.69) is 21.3 Å². The van der Waals surface area contributed by atoms with Crippen LogP contribution in [0.5, 0.6) is 0 Å². The minimum atomic E-state index is -3.71. The maximum absolute atomic E-state index is 13.2. The third kappa shape index (κ3) is 4.88. The van der Waals surface area contributed by atoms with E-state index in [0.29, 0.717) is 12.8 Å². The number of piperidine rings is 2. The van der Waals surface area contributed by atoms with Gasteiger partial charge in [0.1, 0.15) is 5.82 Å². The van der Waals surface area contributed by atoms with Gasteiger partial charge in [0.25, 0.3) is 0 Å². The molecule has 9 heteroatoms. The van der Waals surface area contributed by atoms with Crippen molar-refractivity contribution in [1.29, 1.82) is 0 Å². The number of amides is 1. The van der Waals surface area contributed by atoms with Gasteiger partial charge in [-0.25, -0.2) is 12.8 Å². The first kappa shape index (κ1) is 23.7. The Kier molecular flexibility index (Phi) is 6.71. The number of benzene rings is 2. The van der Waals surface area contributed by atoms with Crippen molar-refractivity contribution in [3.05, 3.63) is 60.7 Å². The van der Waals surface area contributed by atoms with Gasteiger partial charge in [-0.15, -0.1) is 0 Å². The molecule has 2 saturated heterocycles. The van der Waals surface area contributed by atoms with Gasteiger partial charge in [0.2, 0.25) is 15.9 Å². The first-order chi connectivity index (χ1) is 16.9. The maximum Gasteiger partial charge on any atom is 0.243 e. The van der Waals surface area contributed by atoms with Crippen LogP contribution >= 0.6 is 0 Å². The fraction of sp³-hybridized carbons (Fsp3) is 0.385. The molecule has 2 aliphatic rings. The molecule has 2 aromatic carbocycles. The first-order valence-electron chi connectivity index (χ1n) is 12.1. The molecular weight excluding hydrogens is 467 g/mol. The summed E-state index contributed by atoms with van der Waals surface area (Å²) in [6.07, 6.45) is 8.03. The van der Waals surface area contributed by atoms with Crippen molar-refractivity contribution in [3.8, 4) is 0 Å². The van der Waals surface area contributed by atoms with Crippen molar-refractivity contribution in [3.63, 3.8) is 0 Å². The fourth-order valence-corrected chi connectivity index (χ4v) is 6.51. The maximum atomic E-state index is 13.2. The standard InChI is InChI=1S/C26H29FN4O3S/c27-20-4-6-21(7-5-20)35(33,34)31-16-11-19(12-17-31)26(32)29-24-8-9-25(30-14-2-1-3-15-30)22-10-13-28-18-23(22)24/h4-10,13,18-19H,1-3,11-12,14-17H2,(H,29,32). The number of fused-ring (bicyclic) bond motifs is 1. The number of halogens is 1. The van der Waals surface area contributed by atoms with E-state index in [-0.39, 0.29) is 29.8 Å². The molecule has 3 heterocycles. The highest BCUT2D eigenvalue weighted by Gasteiger charge is 2.32. The van der Waals surface area contributed by atoms with Crippen molar-refractivity contribution in [2.24, 2.45) is 5.92 Å². The summed E-state index contributed by atoms with van der Waals surface area (Å²) in [5, 5.41) is 5.04. The molecule has 7 nitrogen and oxygen atoms in total. The third-order valence-corrected chi connectivity index (χ3v) is 8.94. The summed E-state index contributed by atoms with van der Waals surface area (Å²) in [5.41, 5.74) is 1.89. The highest BCUT2D eigenvalue weighted by molar-refractivity contribution is 7.89. The van der Waals surface area contributed by atoms with Gasteiger partial charge in [-0.1, -0.05) is 0 Å². The lowest BCUT2D eigenvalue weighted by atomic mass is 9.97. The number of nitrogens with one attached hydrogen (secondary N) is 1. The molecule has 2 aliphatic heterocycles. The highest BCUT2D eigenvalue weighted by atomic mass is 32.2. The Hall–Kier alpha value is -3.04. The molecule has 1 amide bonds. The van der Waals surface area contributed by atoms with E-state index in [1.54, 1.807) is 12.4 Å². The monoisotopic (exact) mass is 496 g/mol. The Morgan fingerprint density at radius 1 is 0.914 bits per heavy atom. The minimum absolute atomic E-state index is 0.0644. The second kappa shape index (κ2) is 9.91. The van der Waals surface area contributed by atoms with Crippen LogP contribution in [-0.2, 0) is 14.8 Å². The lowest BCUT2D eigenvalue weighted by molar-refractivity contribution is -0.120. The van der Waals surface area contributed by atoms with Crippen LogP contribution in [0.4, 0.5) is 15.8 Å². The average molecular weight is 497 g/mol. The number of pyridine rings is 1. The summed E-state index contributed by atoms with van der Waals surface area (Å²) in [6, 6.07) is 10.8. The zero-order valence-electron chi connectivity index (χ0n) is 19.5. The van der Waals surface area contributed by atoms with Crippen LogP contribution in [-0.4, -0.2) is 49.8 Å². The van der Waals surface area contributed by atoms with Gasteiger partial charge < -0.3 is 10.2 Å². The van der Waals surface area contributed by atoms with E-state index in [1.165, 1.54) is 41.4 Å². The Morgan fingerprint density at radius 3 is 2.34 bits per heavy atom. The first-order valence-corrected chi connectivity index (χ1v) is 13.6. The van der Waals surface area contributed by atoms with Crippen molar-refractivity contribution in [2.75, 3.05) is 36.4 Å². The topological polar surface area (TPSA) is 82.6 Å². The highest BCUT2D eigenvalue weighted by Crippen LogP contribution is 2.34. The molecule has 0 bridgehead atoms. The number of rotatable bonds is 5. The van der Waals surface area contributed by atoms with Crippen LogP contribution in [0.3, 0.4) is 0 Å². The third-order valence-electron chi connectivity index (χ3n) is 7.03. The number of hydrogen-bond acceptors (Lipinski definition) is 5. The Morgan fingerprint density at radius 2 is 1.63 bits per heavy atom. The molecule has 0 unspecified atom stereocenters. The van der Waals surface area contributed by atoms with Gasteiger partial charge in [0.15, 0.2) is 0 Å². The van der Waals surface area contributed by atoms with Gasteiger partial charge in [-0.3, -0.25) is 9.78 Å². The number of aromatic nitrogens is 1. The van der Waals surface area contributed by atoms with Crippen LogP contribution in [0.25, 0.3) is 10.8 Å². The van der Waals surface area contributed by atoms with E-state index in [4.69, 9.17) is 0 Å². The van der Waals surface area contributed by atoms with Gasteiger partial charge in [-0.05, 0) is 74.6 Å². The van der Waals surface area contributed by atoms with Crippen molar-refractivity contribution >= 4 is 38.1 Å². The van der Waals surface area contributed by atoms with E-state index in [0.717, 1.165) is 41.7 Å². The lowest BCUT2D eigenvalue weighted by Gasteiger charge is -2.31. The van der Waals surface area contributed by atoms with Gasteiger partial charge in [0.05, 0.1) is 10.6 Å². The predicted octanol–water partition coefficient (Wildman–Crippen LogP) is 4.40. The molecule has 0 atom stereocenters. The summed E-state index contributed by atoms with van der Waals surface area (Å²) in [6.45, 7) is 2.55. The zero-order valence-corrected chi connectivity index (χ0v) is 20.3. The molecule has 5 rings (SSSR count). The van der Waals surface area contributed by atoms with E-state index in [9.17, 15) is 17.6 Å². The van der Waals surface area contributed by atoms with Crippen LogP contribution in [0.2, 0.25) is 0 Å². The normalized spacial score (nSPS) is 18.0. The van der Waals surface area contributed by atoms with E-state index < -0.39 is 15.8 Å². The molecule has 0 aliphatic carbocycles. The second-order valence-electron chi connectivity index (χ2n) is 9.22. The van der Waals surface area contributed by atoms with E-state index in [1.807, 2.05) is 12.1 Å². The molecular formula is C26H29FN4O3S. The molecule has 3 aromatic rings. The van der Waals surface area contributed by atoms with Crippen molar-refractivity contribution < 1.29 is 17.6 Å².